The number of aryl methyl sites for hydroxylation is 1. The van der Waals surface area contributed by atoms with Crippen LogP contribution in [0.5, 0.6) is 0 Å². The van der Waals surface area contributed by atoms with E-state index in [9.17, 15) is 0 Å². The summed E-state index contributed by atoms with van der Waals surface area (Å²) in [5.41, 5.74) is 9.03. The molecular weight excluding hydrogens is 254 g/mol. The van der Waals surface area contributed by atoms with Crippen molar-refractivity contribution in [3.63, 3.8) is 0 Å². The Labute approximate surface area is 121 Å². The van der Waals surface area contributed by atoms with Crippen LogP contribution in [0.2, 0.25) is 0 Å². The molecule has 4 atom stereocenters. The Morgan fingerprint density at radius 2 is 2.26 bits per heavy atom. The zero-order valence-electron chi connectivity index (χ0n) is 12.1. The van der Waals surface area contributed by atoms with E-state index in [1.807, 2.05) is 11.8 Å². The number of rotatable bonds is 5. The Hall–Kier alpha value is -0.510. The van der Waals surface area contributed by atoms with Crippen LogP contribution in [0.4, 0.5) is 0 Å². The van der Waals surface area contributed by atoms with Gasteiger partial charge in [-0.1, -0.05) is 36.8 Å². The van der Waals surface area contributed by atoms with Crippen molar-refractivity contribution in [3.8, 4) is 0 Å². The molecule has 0 radical (unpaired) electrons. The summed E-state index contributed by atoms with van der Waals surface area (Å²) in [5, 5.41) is 0.946. The Balaban J connectivity index is 2.16. The van der Waals surface area contributed by atoms with Crippen molar-refractivity contribution in [1.29, 1.82) is 0 Å². The van der Waals surface area contributed by atoms with Crippen LogP contribution in [-0.4, -0.2) is 24.0 Å². The standard InChI is InChI=1S/C16H25NOS/c1-4-14(17)16(13-7-5-6-11(2)10-13)19-15-8-9-18-12(15)3/h5-7,10,12,14-16H,4,8-9,17H2,1-3H3. The Bertz CT molecular complexity index is 409. The molecule has 1 heterocycles. The highest BCUT2D eigenvalue weighted by atomic mass is 32.2. The number of benzene rings is 1. The Morgan fingerprint density at radius 1 is 1.47 bits per heavy atom. The van der Waals surface area contributed by atoms with Crippen LogP contribution >= 0.6 is 11.8 Å². The molecule has 0 saturated carbocycles. The molecular formula is C16H25NOS. The van der Waals surface area contributed by atoms with Gasteiger partial charge in [0.05, 0.1) is 6.10 Å². The maximum Gasteiger partial charge on any atom is 0.0666 e. The quantitative estimate of drug-likeness (QED) is 0.893. The molecule has 2 N–H and O–H groups in total. The van der Waals surface area contributed by atoms with Gasteiger partial charge in [-0.25, -0.2) is 0 Å². The topological polar surface area (TPSA) is 35.2 Å². The molecule has 1 aromatic carbocycles. The number of hydrogen-bond acceptors (Lipinski definition) is 3. The molecule has 19 heavy (non-hydrogen) atoms. The van der Waals surface area contributed by atoms with Crippen molar-refractivity contribution in [1.82, 2.24) is 0 Å². The van der Waals surface area contributed by atoms with Gasteiger partial charge in [0.15, 0.2) is 0 Å². The smallest absolute Gasteiger partial charge is 0.0666 e. The second kappa shape index (κ2) is 6.78. The lowest BCUT2D eigenvalue weighted by Gasteiger charge is -2.27. The van der Waals surface area contributed by atoms with E-state index in [0.717, 1.165) is 19.4 Å². The van der Waals surface area contributed by atoms with Crippen LogP contribution in [0.3, 0.4) is 0 Å². The zero-order valence-corrected chi connectivity index (χ0v) is 13.0. The van der Waals surface area contributed by atoms with E-state index in [2.05, 4.69) is 45.0 Å². The summed E-state index contributed by atoms with van der Waals surface area (Å²) in [7, 11) is 0. The Kier molecular flexibility index (Phi) is 5.31. The third kappa shape index (κ3) is 3.74. The molecule has 2 rings (SSSR count). The summed E-state index contributed by atoms with van der Waals surface area (Å²) in [4.78, 5) is 0. The highest BCUT2D eigenvalue weighted by Crippen LogP contribution is 2.40. The number of nitrogens with two attached hydrogens (primary N) is 1. The van der Waals surface area contributed by atoms with E-state index < -0.39 is 0 Å². The largest absolute Gasteiger partial charge is 0.377 e. The van der Waals surface area contributed by atoms with Crippen LogP contribution < -0.4 is 5.73 Å². The lowest BCUT2D eigenvalue weighted by Crippen LogP contribution is -2.28. The third-order valence-electron chi connectivity index (χ3n) is 3.86. The lowest BCUT2D eigenvalue weighted by atomic mass is 10.0. The van der Waals surface area contributed by atoms with Gasteiger partial charge in [-0.15, -0.1) is 11.8 Å². The van der Waals surface area contributed by atoms with Crippen LogP contribution in [0, 0.1) is 6.92 Å². The molecule has 2 nitrogen and oxygen atoms in total. The maximum atomic E-state index is 6.36. The molecule has 1 aliphatic rings. The fourth-order valence-corrected chi connectivity index (χ4v) is 4.17. The summed E-state index contributed by atoms with van der Waals surface area (Å²) in [6.45, 7) is 7.38. The van der Waals surface area contributed by atoms with Crippen molar-refractivity contribution < 1.29 is 4.74 Å². The molecule has 106 valence electrons. The molecule has 0 aromatic heterocycles. The van der Waals surface area contributed by atoms with Crippen molar-refractivity contribution in [2.24, 2.45) is 5.73 Å². The fraction of sp³-hybridized carbons (Fsp3) is 0.625. The molecule has 0 amide bonds. The van der Waals surface area contributed by atoms with E-state index in [1.165, 1.54) is 11.1 Å². The van der Waals surface area contributed by atoms with Crippen LogP contribution in [-0.2, 0) is 4.74 Å². The first-order valence-corrected chi connectivity index (χ1v) is 8.15. The number of hydrogen-bond donors (Lipinski definition) is 1. The minimum Gasteiger partial charge on any atom is -0.377 e. The second-order valence-electron chi connectivity index (χ2n) is 5.45. The van der Waals surface area contributed by atoms with Gasteiger partial charge in [0.1, 0.15) is 0 Å². The minimum atomic E-state index is 0.208. The summed E-state index contributed by atoms with van der Waals surface area (Å²) in [6, 6.07) is 8.97. The highest BCUT2D eigenvalue weighted by Gasteiger charge is 2.30. The van der Waals surface area contributed by atoms with E-state index >= 15 is 0 Å². The van der Waals surface area contributed by atoms with E-state index in [1.54, 1.807) is 0 Å². The lowest BCUT2D eigenvalue weighted by molar-refractivity contribution is 0.127. The first-order chi connectivity index (χ1) is 9.11. The average Bonchev–Trinajstić information content (AvgIpc) is 2.80. The van der Waals surface area contributed by atoms with Crippen LogP contribution in [0.15, 0.2) is 24.3 Å². The van der Waals surface area contributed by atoms with Gasteiger partial charge in [-0.3, -0.25) is 0 Å². The van der Waals surface area contributed by atoms with Crippen molar-refractivity contribution in [2.45, 2.75) is 56.3 Å². The summed E-state index contributed by atoms with van der Waals surface area (Å²) in [5.74, 6) is 0. The van der Waals surface area contributed by atoms with Gasteiger partial charge in [0.2, 0.25) is 0 Å². The van der Waals surface area contributed by atoms with Gasteiger partial charge in [-0.2, -0.15) is 0 Å². The van der Waals surface area contributed by atoms with E-state index in [0.29, 0.717) is 16.6 Å². The third-order valence-corrected chi connectivity index (χ3v) is 5.74. The van der Waals surface area contributed by atoms with E-state index in [-0.39, 0.29) is 6.04 Å². The SMILES string of the molecule is CCC(N)C(SC1CCOC1C)c1cccc(C)c1. The molecule has 0 aliphatic carbocycles. The summed E-state index contributed by atoms with van der Waals surface area (Å²) in [6.07, 6.45) is 2.50. The molecule has 1 aliphatic heterocycles. The van der Waals surface area contributed by atoms with Crippen molar-refractivity contribution >= 4 is 11.8 Å². The van der Waals surface area contributed by atoms with Crippen LogP contribution in [0.25, 0.3) is 0 Å². The van der Waals surface area contributed by atoms with Gasteiger partial charge in [0, 0.05) is 23.1 Å². The summed E-state index contributed by atoms with van der Waals surface area (Å²) >= 11 is 2.00. The predicted molar refractivity (Wildman–Crippen MR) is 83.6 cm³/mol. The van der Waals surface area contributed by atoms with Crippen molar-refractivity contribution in [2.75, 3.05) is 6.61 Å². The maximum absolute atomic E-state index is 6.36. The first-order valence-electron chi connectivity index (χ1n) is 7.21. The van der Waals surface area contributed by atoms with Crippen LogP contribution in [0.1, 0.15) is 43.1 Å². The van der Waals surface area contributed by atoms with E-state index in [4.69, 9.17) is 10.5 Å². The first kappa shape index (κ1) is 14.9. The Morgan fingerprint density at radius 3 is 2.84 bits per heavy atom. The molecule has 1 fully saturated rings. The molecule has 4 unspecified atom stereocenters. The summed E-state index contributed by atoms with van der Waals surface area (Å²) < 4.78 is 5.68. The monoisotopic (exact) mass is 279 g/mol. The molecule has 1 saturated heterocycles. The molecule has 0 spiro atoms. The highest BCUT2D eigenvalue weighted by molar-refractivity contribution is 8.00. The van der Waals surface area contributed by atoms with Gasteiger partial charge < -0.3 is 10.5 Å². The normalized spacial score (nSPS) is 26.3. The number of thioether (sulfide) groups is 1. The van der Waals surface area contributed by atoms with Crippen molar-refractivity contribution in [3.05, 3.63) is 35.4 Å². The average molecular weight is 279 g/mol. The van der Waals surface area contributed by atoms with Gasteiger partial charge >= 0.3 is 0 Å². The minimum absolute atomic E-state index is 0.208. The van der Waals surface area contributed by atoms with Gasteiger partial charge in [0.25, 0.3) is 0 Å². The van der Waals surface area contributed by atoms with Gasteiger partial charge in [-0.05, 0) is 32.3 Å². The second-order valence-corrected chi connectivity index (χ2v) is 6.83. The fourth-order valence-electron chi connectivity index (χ4n) is 2.57. The molecule has 0 bridgehead atoms. The molecule has 1 aromatic rings. The molecule has 3 heteroatoms. The predicted octanol–water partition coefficient (Wildman–Crippen LogP) is 3.68. The zero-order chi connectivity index (χ0) is 13.8. The number of ether oxygens (including phenoxy) is 1.